The molecule has 0 aromatic heterocycles. The van der Waals surface area contributed by atoms with Crippen LogP contribution in [0.3, 0.4) is 0 Å². The van der Waals surface area contributed by atoms with Crippen molar-refractivity contribution in [3.8, 4) is 5.75 Å². The topological polar surface area (TPSA) is 75.7 Å². The van der Waals surface area contributed by atoms with E-state index in [-0.39, 0.29) is 16.8 Å². The number of rotatable bonds is 8. The number of hydrogen-bond donors (Lipinski definition) is 1. The average Bonchev–Trinajstić information content (AvgIpc) is 2.77. The third-order valence-corrected chi connectivity index (χ3v) is 7.17. The highest BCUT2D eigenvalue weighted by Crippen LogP contribution is 2.26. The number of nitrogens with one attached hydrogen (secondary N) is 1. The molecule has 0 atom stereocenters. The number of para-hydroxylation sites is 1. The number of carbonyl (C=O) groups is 1. The summed E-state index contributed by atoms with van der Waals surface area (Å²) in [4.78, 5) is 12.6. The van der Waals surface area contributed by atoms with Crippen LogP contribution in [0.2, 0.25) is 0 Å². The summed E-state index contributed by atoms with van der Waals surface area (Å²) in [6.45, 7) is 0.658. The predicted molar refractivity (Wildman–Crippen MR) is 113 cm³/mol. The molecule has 1 N–H and O–H groups in total. The monoisotopic (exact) mass is 416 g/mol. The van der Waals surface area contributed by atoms with E-state index in [0.29, 0.717) is 18.7 Å². The van der Waals surface area contributed by atoms with Crippen LogP contribution in [-0.2, 0) is 10.0 Å². The zero-order chi connectivity index (χ0) is 20.7. The van der Waals surface area contributed by atoms with Gasteiger partial charge in [0.05, 0.1) is 11.4 Å². The standard InChI is InChI=1S/C22H28N2O4S/c1-24(19-10-4-2-5-11-19)29(26,27)21-14-8-9-18(17-21)22(25)23-15-16-28-20-12-6-3-7-13-20/h3,6-9,12-14,17,19H,2,4-5,10-11,15-16H2,1H3,(H,23,25). The van der Waals surface area contributed by atoms with Crippen LogP contribution in [0.15, 0.2) is 59.5 Å². The lowest BCUT2D eigenvalue weighted by Crippen LogP contribution is -2.38. The lowest BCUT2D eigenvalue weighted by Gasteiger charge is -2.30. The maximum Gasteiger partial charge on any atom is 0.251 e. The first kappa shape index (κ1) is 21.3. The van der Waals surface area contributed by atoms with Crippen molar-refractivity contribution in [1.29, 1.82) is 0 Å². The van der Waals surface area contributed by atoms with Crippen LogP contribution in [0.25, 0.3) is 0 Å². The lowest BCUT2D eigenvalue weighted by molar-refractivity contribution is 0.0946. The van der Waals surface area contributed by atoms with Crippen molar-refractivity contribution in [1.82, 2.24) is 9.62 Å². The second kappa shape index (κ2) is 9.89. The molecule has 1 saturated carbocycles. The fourth-order valence-electron chi connectivity index (χ4n) is 3.56. The quantitative estimate of drug-likeness (QED) is 0.669. The highest BCUT2D eigenvalue weighted by molar-refractivity contribution is 7.89. The first-order valence-corrected chi connectivity index (χ1v) is 11.5. The van der Waals surface area contributed by atoms with Gasteiger partial charge in [-0.25, -0.2) is 8.42 Å². The summed E-state index contributed by atoms with van der Waals surface area (Å²) in [5, 5.41) is 2.77. The minimum absolute atomic E-state index is 0.0290. The van der Waals surface area contributed by atoms with Crippen molar-refractivity contribution in [2.75, 3.05) is 20.2 Å². The second-order valence-electron chi connectivity index (χ2n) is 7.26. The number of benzene rings is 2. The van der Waals surface area contributed by atoms with Crippen molar-refractivity contribution >= 4 is 15.9 Å². The van der Waals surface area contributed by atoms with Crippen molar-refractivity contribution in [2.45, 2.75) is 43.0 Å². The molecule has 29 heavy (non-hydrogen) atoms. The Kier molecular flexibility index (Phi) is 7.28. The van der Waals surface area contributed by atoms with Crippen LogP contribution in [0.1, 0.15) is 42.5 Å². The highest BCUT2D eigenvalue weighted by atomic mass is 32.2. The zero-order valence-electron chi connectivity index (χ0n) is 16.7. The largest absolute Gasteiger partial charge is 0.492 e. The average molecular weight is 417 g/mol. The molecule has 1 aliphatic rings. The maximum atomic E-state index is 13.0. The van der Waals surface area contributed by atoms with Crippen molar-refractivity contribution in [3.05, 3.63) is 60.2 Å². The van der Waals surface area contributed by atoms with E-state index in [9.17, 15) is 13.2 Å². The van der Waals surface area contributed by atoms with Crippen LogP contribution in [0.4, 0.5) is 0 Å². The van der Waals surface area contributed by atoms with Gasteiger partial charge in [0, 0.05) is 18.7 Å². The van der Waals surface area contributed by atoms with Gasteiger partial charge in [0.15, 0.2) is 0 Å². The van der Waals surface area contributed by atoms with E-state index >= 15 is 0 Å². The number of sulfonamides is 1. The van der Waals surface area contributed by atoms with Gasteiger partial charge in [0.2, 0.25) is 10.0 Å². The zero-order valence-corrected chi connectivity index (χ0v) is 17.5. The Morgan fingerprint density at radius 1 is 1.07 bits per heavy atom. The van der Waals surface area contributed by atoms with E-state index in [1.165, 1.54) is 10.4 Å². The smallest absolute Gasteiger partial charge is 0.251 e. The van der Waals surface area contributed by atoms with Gasteiger partial charge in [-0.15, -0.1) is 0 Å². The number of ether oxygens (including phenoxy) is 1. The Labute approximate surface area is 172 Å². The third kappa shape index (κ3) is 5.58. The summed E-state index contributed by atoms with van der Waals surface area (Å²) >= 11 is 0. The molecule has 3 rings (SSSR count). The van der Waals surface area contributed by atoms with E-state index in [1.54, 1.807) is 25.2 Å². The Bertz CT molecular complexity index is 909. The van der Waals surface area contributed by atoms with E-state index in [1.807, 2.05) is 30.3 Å². The SMILES string of the molecule is CN(C1CCCCC1)S(=O)(=O)c1cccc(C(=O)NCCOc2ccccc2)c1. The molecule has 0 heterocycles. The molecule has 1 fully saturated rings. The third-order valence-electron chi connectivity index (χ3n) is 5.26. The summed E-state index contributed by atoms with van der Waals surface area (Å²) in [7, 11) is -1.99. The van der Waals surface area contributed by atoms with Crippen LogP contribution in [0.5, 0.6) is 5.75 Å². The molecule has 0 spiro atoms. The summed E-state index contributed by atoms with van der Waals surface area (Å²) in [6, 6.07) is 15.6. The van der Waals surface area contributed by atoms with Crippen LogP contribution in [0, 0.1) is 0 Å². The van der Waals surface area contributed by atoms with E-state index in [2.05, 4.69) is 5.32 Å². The van der Waals surface area contributed by atoms with E-state index in [0.717, 1.165) is 37.9 Å². The Morgan fingerprint density at radius 2 is 1.79 bits per heavy atom. The molecule has 0 bridgehead atoms. The number of amides is 1. The minimum Gasteiger partial charge on any atom is -0.492 e. The molecular formula is C22H28N2O4S. The molecule has 1 aliphatic carbocycles. The van der Waals surface area contributed by atoms with Crippen LogP contribution in [-0.4, -0.2) is 44.9 Å². The van der Waals surface area contributed by atoms with Gasteiger partial charge < -0.3 is 10.1 Å². The summed E-state index contributed by atoms with van der Waals surface area (Å²) in [5.74, 6) is 0.416. The van der Waals surface area contributed by atoms with Gasteiger partial charge in [-0.2, -0.15) is 4.31 Å². The molecule has 0 saturated heterocycles. The molecule has 0 unspecified atom stereocenters. The number of carbonyl (C=O) groups excluding carboxylic acids is 1. The Morgan fingerprint density at radius 3 is 2.52 bits per heavy atom. The van der Waals surface area contributed by atoms with Gasteiger partial charge in [-0.3, -0.25) is 4.79 Å². The van der Waals surface area contributed by atoms with Crippen molar-refractivity contribution < 1.29 is 17.9 Å². The first-order chi connectivity index (χ1) is 14.0. The fraction of sp³-hybridized carbons (Fsp3) is 0.409. The maximum absolute atomic E-state index is 13.0. The van der Waals surface area contributed by atoms with Gasteiger partial charge in [-0.1, -0.05) is 43.5 Å². The molecule has 1 amide bonds. The highest BCUT2D eigenvalue weighted by Gasteiger charge is 2.29. The predicted octanol–water partition coefficient (Wildman–Crippen LogP) is 3.45. The van der Waals surface area contributed by atoms with Crippen LogP contribution < -0.4 is 10.1 Å². The minimum atomic E-state index is -3.63. The number of hydrogen-bond acceptors (Lipinski definition) is 4. The normalized spacial score (nSPS) is 15.2. The van der Waals surface area contributed by atoms with Crippen molar-refractivity contribution in [2.24, 2.45) is 0 Å². The van der Waals surface area contributed by atoms with Gasteiger partial charge in [0.25, 0.3) is 5.91 Å². The lowest BCUT2D eigenvalue weighted by atomic mass is 9.96. The molecule has 156 valence electrons. The molecular weight excluding hydrogens is 388 g/mol. The Hall–Kier alpha value is -2.38. The van der Waals surface area contributed by atoms with E-state index in [4.69, 9.17) is 4.74 Å². The summed E-state index contributed by atoms with van der Waals surface area (Å²) < 4.78 is 33.0. The summed E-state index contributed by atoms with van der Waals surface area (Å²) in [5.41, 5.74) is 0.322. The fourth-order valence-corrected chi connectivity index (χ4v) is 5.02. The molecule has 0 aliphatic heterocycles. The van der Waals surface area contributed by atoms with Crippen LogP contribution >= 0.6 is 0 Å². The second-order valence-corrected chi connectivity index (χ2v) is 9.26. The van der Waals surface area contributed by atoms with Gasteiger partial charge in [0.1, 0.15) is 12.4 Å². The first-order valence-electron chi connectivity index (χ1n) is 10.0. The molecule has 2 aromatic carbocycles. The molecule has 2 aromatic rings. The molecule has 0 radical (unpaired) electrons. The molecule has 7 heteroatoms. The van der Waals surface area contributed by atoms with E-state index < -0.39 is 10.0 Å². The Balaban J connectivity index is 1.59. The van der Waals surface area contributed by atoms with Crippen molar-refractivity contribution in [3.63, 3.8) is 0 Å². The summed E-state index contributed by atoms with van der Waals surface area (Å²) in [6.07, 6.45) is 5.04. The van der Waals surface area contributed by atoms with Gasteiger partial charge >= 0.3 is 0 Å². The number of nitrogens with zero attached hydrogens (tertiary/aromatic N) is 1. The molecule has 6 nitrogen and oxygen atoms in total. The van der Waals surface area contributed by atoms with Gasteiger partial charge in [-0.05, 0) is 43.2 Å².